The van der Waals surface area contributed by atoms with E-state index in [4.69, 9.17) is 14.0 Å². The van der Waals surface area contributed by atoms with Crippen molar-refractivity contribution in [2.45, 2.75) is 13.5 Å². The highest BCUT2D eigenvalue weighted by molar-refractivity contribution is 5.75. The molecule has 0 radical (unpaired) electrons. The molecule has 166 valence electrons. The average molecular weight is 444 g/mol. The highest BCUT2D eigenvalue weighted by atomic mass is 16.5. The largest absolute Gasteiger partial charge is 0.497 e. The standard InChI is InChI=1S/C23H20N6O4/c1-3-32-18-6-4-5-15(11-18)21-26-20(33-27-21)13-28-14-24-22-19(23(28)30)12-25-29(22)16-7-9-17(31-2)10-8-16/h4-12,14H,3,13H2,1-2H3. The number of rotatable bonds is 7. The summed E-state index contributed by atoms with van der Waals surface area (Å²) in [5.41, 5.74) is 1.74. The molecule has 3 aromatic heterocycles. The van der Waals surface area contributed by atoms with Crippen molar-refractivity contribution in [2.75, 3.05) is 13.7 Å². The minimum atomic E-state index is -0.252. The third kappa shape index (κ3) is 3.93. The molecule has 3 heterocycles. The molecule has 10 nitrogen and oxygen atoms in total. The lowest BCUT2D eigenvalue weighted by Crippen LogP contribution is -2.21. The molecule has 0 aliphatic rings. The third-order valence-corrected chi connectivity index (χ3v) is 5.05. The van der Waals surface area contributed by atoms with Crippen LogP contribution in [0.25, 0.3) is 28.1 Å². The van der Waals surface area contributed by atoms with Gasteiger partial charge in [0.25, 0.3) is 5.56 Å². The second kappa shape index (κ2) is 8.58. The van der Waals surface area contributed by atoms with Gasteiger partial charge in [-0.05, 0) is 43.3 Å². The lowest BCUT2D eigenvalue weighted by atomic mass is 10.2. The van der Waals surface area contributed by atoms with E-state index < -0.39 is 0 Å². The molecule has 0 amide bonds. The molecule has 5 aromatic rings. The summed E-state index contributed by atoms with van der Waals surface area (Å²) >= 11 is 0. The van der Waals surface area contributed by atoms with Gasteiger partial charge in [0.15, 0.2) is 5.65 Å². The molecule has 0 spiro atoms. The fourth-order valence-electron chi connectivity index (χ4n) is 3.45. The molecule has 0 atom stereocenters. The molecular formula is C23H20N6O4. The zero-order valence-corrected chi connectivity index (χ0v) is 18.0. The summed E-state index contributed by atoms with van der Waals surface area (Å²) in [5, 5.41) is 8.75. The van der Waals surface area contributed by atoms with Crippen molar-refractivity contribution < 1.29 is 14.0 Å². The third-order valence-electron chi connectivity index (χ3n) is 5.05. The van der Waals surface area contributed by atoms with Gasteiger partial charge in [0, 0.05) is 5.56 Å². The number of fused-ring (bicyclic) bond motifs is 1. The van der Waals surface area contributed by atoms with Crippen molar-refractivity contribution in [1.82, 2.24) is 29.5 Å². The van der Waals surface area contributed by atoms with Crippen molar-refractivity contribution in [1.29, 1.82) is 0 Å². The van der Waals surface area contributed by atoms with Crippen LogP contribution in [-0.4, -0.2) is 43.2 Å². The normalized spacial score (nSPS) is 11.1. The molecule has 0 fully saturated rings. The van der Waals surface area contributed by atoms with Crippen LogP contribution >= 0.6 is 0 Å². The molecule has 33 heavy (non-hydrogen) atoms. The molecule has 0 aliphatic carbocycles. The molecular weight excluding hydrogens is 424 g/mol. The van der Waals surface area contributed by atoms with Gasteiger partial charge in [-0.2, -0.15) is 10.1 Å². The van der Waals surface area contributed by atoms with Crippen LogP contribution in [-0.2, 0) is 6.54 Å². The smallest absolute Gasteiger partial charge is 0.264 e. The zero-order valence-electron chi connectivity index (χ0n) is 18.0. The van der Waals surface area contributed by atoms with E-state index in [0.29, 0.717) is 23.5 Å². The highest BCUT2D eigenvalue weighted by Gasteiger charge is 2.15. The number of hydrogen-bond acceptors (Lipinski definition) is 8. The van der Waals surface area contributed by atoms with Gasteiger partial charge in [0.1, 0.15) is 29.8 Å². The van der Waals surface area contributed by atoms with Crippen molar-refractivity contribution in [2.24, 2.45) is 0 Å². The van der Waals surface area contributed by atoms with Crippen LogP contribution in [0.15, 0.2) is 70.4 Å². The van der Waals surface area contributed by atoms with Gasteiger partial charge in [0.05, 0.1) is 25.6 Å². The van der Waals surface area contributed by atoms with E-state index in [1.165, 1.54) is 17.1 Å². The minimum Gasteiger partial charge on any atom is -0.497 e. The monoisotopic (exact) mass is 444 g/mol. The van der Waals surface area contributed by atoms with Gasteiger partial charge >= 0.3 is 0 Å². The van der Waals surface area contributed by atoms with Crippen LogP contribution in [0.4, 0.5) is 0 Å². The summed E-state index contributed by atoms with van der Waals surface area (Å²) in [7, 11) is 1.60. The summed E-state index contributed by atoms with van der Waals surface area (Å²) in [6, 6.07) is 14.8. The van der Waals surface area contributed by atoms with Crippen LogP contribution in [0.1, 0.15) is 12.8 Å². The van der Waals surface area contributed by atoms with E-state index in [0.717, 1.165) is 22.7 Å². The minimum absolute atomic E-state index is 0.0909. The molecule has 0 N–H and O–H groups in total. The SMILES string of the molecule is CCOc1cccc(-c2noc(Cn3cnc4c(cnn4-c4ccc(OC)cc4)c3=O)n2)c1. The Hall–Kier alpha value is -4.47. The Morgan fingerprint density at radius 2 is 1.94 bits per heavy atom. The molecule has 2 aromatic carbocycles. The fourth-order valence-corrected chi connectivity index (χ4v) is 3.45. The maximum absolute atomic E-state index is 13.0. The Bertz CT molecular complexity index is 1470. The molecule has 0 saturated heterocycles. The summed E-state index contributed by atoms with van der Waals surface area (Å²) in [5.74, 6) is 2.16. The van der Waals surface area contributed by atoms with Crippen LogP contribution in [0.3, 0.4) is 0 Å². The van der Waals surface area contributed by atoms with E-state index >= 15 is 0 Å². The van der Waals surface area contributed by atoms with Gasteiger partial charge in [-0.1, -0.05) is 17.3 Å². The van der Waals surface area contributed by atoms with Crippen molar-refractivity contribution in [3.05, 3.63) is 77.3 Å². The second-order valence-electron chi connectivity index (χ2n) is 7.14. The number of benzene rings is 2. The van der Waals surface area contributed by atoms with Crippen LogP contribution in [0, 0.1) is 0 Å². The number of methoxy groups -OCH3 is 1. The number of aromatic nitrogens is 6. The quantitative estimate of drug-likeness (QED) is 0.377. The first kappa shape index (κ1) is 20.4. The molecule has 0 saturated carbocycles. The summed E-state index contributed by atoms with van der Waals surface area (Å²) in [6.45, 7) is 2.57. The van der Waals surface area contributed by atoms with Crippen molar-refractivity contribution >= 4 is 11.0 Å². The highest BCUT2D eigenvalue weighted by Crippen LogP contribution is 2.22. The Labute approximate surface area is 188 Å². The Morgan fingerprint density at radius 1 is 1.09 bits per heavy atom. The lowest BCUT2D eigenvalue weighted by Gasteiger charge is -2.05. The number of hydrogen-bond donors (Lipinski definition) is 0. The molecule has 0 bridgehead atoms. The van der Waals surface area contributed by atoms with Gasteiger partial charge in [0.2, 0.25) is 11.7 Å². The van der Waals surface area contributed by atoms with E-state index in [9.17, 15) is 4.79 Å². The average Bonchev–Trinajstić information content (AvgIpc) is 3.49. The summed E-state index contributed by atoms with van der Waals surface area (Å²) in [4.78, 5) is 21.9. The Morgan fingerprint density at radius 3 is 2.73 bits per heavy atom. The molecule has 5 rings (SSSR count). The van der Waals surface area contributed by atoms with Gasteiger partial charge < -0.3 is 14.0 Å². The maximum Gasteiger partial charge on any atom is 0.264 e. The molecule has 0 aliphatic heterocycles. The lowest BCUT2D eigenvalue weighted by molar-refractivity contribution is 0.340. The van der Waals surface area contributed by atoms with Crippen molar-refractivity contribution in [3.8, 4) is 28.6 Å². The first-order valence-electron chi connectivity index (χ1n) is 10.3. The Balaban J connectivity index is 1.42. The predicted octanol–water partition coefficient (Wildman–Crippen LogP) is 3.09. The van der Waals surface area contributed by atoms with Crippen molar-refractivity contribution in [3.63, 3.8) is 0 Å². The summed E-state index contributed by atoms with van der Waals surface area (Å²) in [6.07, 6.45) is 2.95. The van der Waals surface area contributed by atoms with Crippen LogP contribution in [0.2, 0.25) is 0 Å². The van der Waals surface area contributed by atoms with E-state index in [2.05, 4.69) is 20.2 Å². The molecule has 0 unspecified atom stereocenters. The van der Waals surface area contributed by atoms with Gasteiger partial charge in [-0.25, -0.2) is 9.67 Å². The summed E-state index contributed by atoms with van der Waals surface area (Å²) < 4.78 is 19.1. The predicted molar refractivity (Wildman–Crippen MR) is 120 cm³/mol. The maximum atomic E-state index is 13.0. The molecule has 10 heteroatoms. The second-order valence-corrected chi connectivity index (χ2v) is 7.14. The van der Waals surface area contributed by atoms with Gasteiger partial charge in [-0.3, -0.25) is 9.36 Å². The van der Waals surface area contributed by atoms with Crippen LogP contribution in [0.5, 0.6) is 11.5 Å². The topological polar surface area (TPSA) is 110 Å². The first-order valence-corrected chi connectivity index (χ1v) is 10.3. The fraction of sp³-hybridized carbons (Fsp3) is 0.174. The van der Waals surface area contributed by atoms with Crippen LogP contribution < -0.4 is 15.0 Å². The number of nitrogens with zero attached hydrogens (tertiary/aromatic N) is 6. The van der Waals surface area contributed by atoms with Gasteiger partial charge in [-0.15, -0.1) is 0 Å². The van der Waals surface area contributed by atoms with E-state index in [-0.39, 0.29) is 18.0 Å². The zero-order chi connectivity index (χ0) is 22.8. The Kier molecular flexibility index (Phi) is 5.31. The van der Waals surface area contributed by atoms with E-state index in [1.54, 1.807) is 11.8 Å². The first-order chi connectivity index (χ1) is 16.2. The van der Waals surface area contributed by atoms with E-state index in [1.807, 2.05) is 55.5 Å². The number of ether oxygens (including phenoxy) is 2.